The monoisotopic (exact) mass is 396 g/mol. The predicted molar refractivity (Wildman–Crippen MR) is 107 cm³/mol. The number of rotatable bonds is 3. The van der Waals surface area contributed by atoms with Crippen LogP contribution in [0.15, 0.2) is 11.6 Å². The minimum atomic E-state index is 0.393. The van der Waals surface area contributed by atoms with Gasteiger partial charge in [-0.15, -0.1) is 0 Å². The lowest BCUT2D eigenvalue weighted by molar-refractivity contribution is -0.0226. The number of allylic oxidation sites excluding steroid dienone is 2. The van der Waals surface area contributed by atoms with Gasteiger partial charge in [0.2, 0.25) is 0 Å². The van der Waals surface area contributed by atoms with E-state index in [1.807, 2.05) is 0 Å². The Hall–Kier alpha value is 0.570. The molecule has 0 unspecified atom stereocenters. The van der Waals surface area contributed by atoms with Crippen LogP contribution in [-0.4, -0.2) is 10.1 Å². The third-order valence-corrected chi connectivity index (χ3v) is 10.7. The summed E-state index contributed by atoms with van der Waals surface area (Å²) in [5.74, 6) is 2.97. The quantitative estimate of drug-likeness (QED) is 0.298. The molecule has 4 rings (SSSR count). The molecule has 5 atom stereocenters. The Kier molecular flexibility index (Phi) is 4.49. The highest BCUT2D eigenvalue weighted by molar-refractivity contribution is 9.10. The molecule has 0 amide bonds. The van der Waals surface area contributed by atoms with Crippen LogP contribution in [0.3, 0.4) is 0 Å². The van der Waals surface area contributed by atoms with Crippen LogP contribution < -0.4 is 0 Å². The highest BCUT2D eigenvalue weighted by Gasteiger charge is 2.63. The van der Waals surface area contributed by atoms with Gasteiger partial charge in [0.25, 0.3) is 0 Å². The maximum absolute atomic E-state index is 4.51. The van der Waals surface area contributed by atoms with E-state index in [-0.39, 0.29) is 0 Å². The molecule has 3 fully saturated rings. The maximum Gasteiger partial charge on any atom is 0.0379 e. The summed E-state index contributed by atoms with van der Waals surface area (Å²) in [4.78, 5) is 0. The minimum Gasteiger partial charge on any atom is -0.179 e. The molecule has 130 valence electrons. The zero-order valence-corrected chi connectivity index (χ0v) is 17.2. The lowest BCUT2D eigenvalue weighted by atomic mass is 9.46. The first-order valence-electron chi connectivity index (χ1n) is 10.1. The van der Waals surface area contributed by atoms with Gasteiger partial charge in [-0.05, 0) is 93.6 Å². The molecule has 4 aliphatic carbocycles. The van der Waals surface area contributed by atoms with Crippen LogP contribution in [0.1, 0.15) is 84.0 Å². The van der Waals surface area contributed by atoms with E-state index in [0.29, 0.717) is 15.2 Å². The van der Waals surface area contributed by atoms with Crippen LogP contribution in [0, 0.1) is 22.7 Å². The smallest absolute Gasteiger partial charge is 0.0379 e. The van der Waals surface area contributed by atoms with Crippen molar-refractivity contribution in [3.8, 4) is 0 Å². The molecule has 0 aromatic heterocycles. The van der Waals surface area contributed by atoms with Crippen molar-refractivity contribution in [3.05, 3.63) is 11.6 Å². The molecule has 3 saturated carbocycles. The van der Waals surface area contributed by atoms with Crippen LogP contribution in [0.25, 0.3) is 0 Å². The van der Waals surface area contributed by atoms with Gasteiger partial charge in [0.05, 0.1) is 0 Å². The number of halogens is 1. The summed E-state index contributed by atoms with van der Waals surface area (Å²) in [5, 5.41) is 0. The van der Waals surface area contributed by atoms with Crippen molar-refractivity contribution in [2.45, 2.75) is 88.3 Å². The van der Waals surface area contributed by atoms with E-state index in [1.54, 1.807) is 5.57 Å². The second-order valence-electron chi connectivity index (χ2n) is 9.15. The maximum atomic E-state index is 4.51. The first-order chi connectivity index (χ1) is 11.1. The molecule has 0 aliphatic heterocycles. The molecule has 0 aromatic rings. The van der Waals surface area contributed by atoms with Gasteiger partial charge in [-0.1, -0.05) is 40.9 Å². The van der Waals surface area contributed by atoms with Gasteiger partial charge >= 0.3 is 0 Å². The summed E-state index contributed by atoms with van der Waals surface area (Å²) in [6, 6.07) is 0. The second-order valence-corrected chi connectivity index (χ2v) is 11.0. The van der Waals surface area contributed by atoms with Crippen molar-refractivity contribution >= 4 is 28.6 Å². The standard InChI is InChI=1S/C21H33BrS/c1-19-10-3-2-6-16(19)8-9-18-17-7-4-11-20(17,12-5-15-23)13-14-21(18,19)22/h6,17-18,23H,2-5,7-15H2,1H3/t17-,18-,19-,20+,21+/m0/s1. The molecule has 23 heavy (non-hydrogen) atoms. The lowest BCUT2D eigenvalue weighted by Crippen LogP contribution is -2.59. The topological polar surface area (TPSA) is 0 Å². The Morgan fingerprint density at radius 2 is 2.00 bits per heavy atom. The second kappa shape index (κ2) is 6.08. The summed E-state index contributed by atoms with van der Waals surface area (Å²) in [5.41, 5.74) is 2.92. The number of fused-ring (bicyclic) bond motifs is 5. The van der Waals surface area contributed by atoms with Gasteiger partial charge in [-0.3, -0.25) is 0 Å². The Labute approximate surface area is 156 Å². The van der Waals surface area contributed by atoms with Gasteiger partial charge < -0.3 is 0 Å². The fourth-order valence-corrected chi connectivity index (χ4v) is 8.66. The minimum absolute atomic E-state index is 0.393. The van der Waals surface area contributed by atoms with Crippen LogP contribution in [-0.2, 0) is 0 Å². The first-order valence-corrected chi connectivity index (χ1v) is 11.5. The number of hydrogen-bond acceptors (Lipinski definition) is 1. The highest BCUT2D eigenvalue weighted by Crippen LogP contribution is 2.70. The molecule has 0 radical (unpaired) electrons. The van der Waals surface area contributed by atoms with Crippen LogP contribution >= 0.6 is 28.6 Å². The third-order valence-electron chi connectivity index (χ3n) is 8.49. The SMILES string of the molecule is C[C@]12CCCC=C1CC[C@H]1[C@@H]3CCC[C@@]3(CCCS)CC[C@@]12Br. The molecule has 2 heteroatoms. The van der Waals surface area contributed by atoms with E-state index in [9.17, 15) is 0 Å². The molecular formula is C21H33BrS. The molecule has 0 saturated heterocycles. The summed E-state index contributed by atoms with van der Waals surface area (Å²) >= 11 is 8.96. The summed E-state index contributed by atoms with van der Waals surface area (Å²) in [7, 11) is 0. The van der Waals surface area contributed by atoms with Crippen LogP contribution in [0.5, 0.6) is 0 Å². The fourth-order valence-electron chi connectivity index (χ4n) is 7.30. The summed E-state index contributed by atoms with van der Waals surface area (Å²) in [6.07, 6.45) is 19.7. The number of thiol groups is 1. The molecule has 0 nitrogen and oxygen atoms in total. The van der Waals surface area contributed by atoms with Crippen molar-refractivity contribution < 1.29 is 0 Å². The van der Waals surface area contributed by atoms with Gasteiger partial charge in [0.1, 0.15) is 0 Å². The van der Waals surface area contributed by atoms with Gasteiger partial charge in [0, 0.05) is 9.74 Å². The molecule has 0 spiro atoms. The van der Waals surface area contributed by atoms with Crippen molar-refractivity contribution in [2.24, 2.45) is 22.7 Å². The van der Waals surface area contributed by atoms with Crippen LogP contribution in [0.2, 0.25) is 0 Å². The summed E-state index contributed by atoms with van der Waals surface area (Å²) in [6.45, 7) is 2.61. The highest BCUT2D eigenvalue weighted by atomic mass is 79.9. The first kappa shape index (κ1) is 17.0. The molecule has 0 aromatic carbocycles. The average Bonchev–Trinajstić information content (AvgIpc) is 2.97. The van der Waals surface area contributed by atoms with Gasteiger partial charge in [-0.25, -0.2) is 0 Å². The van der Waals surface area contributed by atoms with Crippen molar-refractivity contribution in [2.75, 3.05) is 5.75 Å². The van der Waals surface area contributed by atoms with E-state index in [4.69, 9.17) is 0 Å². The average molecular weight is 397 g/mol. The number of hydrogen-bond donors (Lipinski definition) is 1. The van der Waals surface area contributed by atoms with Crippen molar-refractivity contribution in [1.29, 1.82) is 0 Å². The van der Waals surface area contributed by atoms with Crippen LogP contribution in [0.4, 0.5) is 0 Å². The van der Waals surface area contributed by atoms with Crippen molar-refractivity contribution in [1.82, 2.24) is 0 Å². The zero-order chi connectivity index (χ0) is 16.1. The molecule has 0 bridgehead atoms. The van der Waals surface area contributed by atoms with E-state index in [1.165, 1.54) is 77.0 Å². The lowest BCUT2D eigenvalue weighted by Gasteiger charge is -2.63. The molecule has 4 aliphatic rings. The summed E-state index contributed by atoms with van der Waals surface area (Å²) < 4.78 is 0.393. The van der Waals surface area contributed by atoms with E-state index < -0.39 is 0 Å². The zero-order valence-electron chi connectivity index (χ0n) is 14.7. The Morgan fingerprint density at radius 1 is 1.13 bits per heavy atom. The number of alkyl halides is 1. The normalized spacial score (nSPS) is 49.1. The molecular weight excluding hydrogens is 364 g/mol. The largest absolute Gasteiger partial charge is 0.179 e. The van der Waals surface area contributed by atoms with Gasteiger partial charge in [-0.2, -0.15) is 12.6 Å². The van der Waals surface area contributed by atoms with E-state index >= 15 is 0 Å². The fraction of sp³-hybridized carbons (Fsp3) is 0.905. The predicted octanol–water partition coefficient (Wildman–Crippen LogP) is 6.94. The Balaban J connectivity index is 1.68. The Morgan fingerprint density at radius 3 is 2.83 bits per heavy atom. The molecule has 0 N–H and O–H groups in total. The van der Waals surface area contributed by atoms with E-state index in [0.717, 1.165) is 17.6 Å². The van der Waals surface area contributed by atoms with E-state index in [2.05, 4.69) is 41.6 Å². The van der Waals surface area contributed by atoms with Crippen molar-refractivity contribution in [3.63, 3.8) is 0 Å². The third kappa shape index (κ3) is 2.36. The molecule has 0 heterocycles. The van der Waals surface area contributed by atoms with Gasteiger partial charge in [0.15, 0.2) is 0 Å². The Bertz CT molecular complexity index is 500.